The standard InChI is InChI=1S/C32H35N3O6/c1-40-27-12-6-7-13-28(27)41-26-11-5-2-8-23(26)22-34-18-14-32(15-19-34)16-20-35(21-17-32)30(37)24-9-3-4-10-25(24)33-29(36)31(38)39/h2-13H,14-22H2,1H3,(H,33,36)(H,38,39). The van der Waals surface area contributed by atoms with Gasteiger partial charge < -0.3 is 24.8 Å². The van der Waals surface area contributed by atoms with E-state index in [2.05, 4.69) is 16.3 Å². The van der Waals surface area contributed by atoms with E-state index < -0.39 is 11.9 Å². The number of amides is 2. The quantitative estimate of drug-likeness (QED) is 0.392. The number of carboxylic acids is 1. The summed E-state index contributed by atoms with van der Waals surface area (Å²) in [6, 6.07) is 22.3. The van der Waals surface area contributed by atoms with Gasteiger partial charge in [0.25, 0.3) is 5.91 Å². The lowest BCUT2D eigenvalue weighted by Crippen LogP contribution is -2.48. The van der Waals surface area contributed by atoms with Gasteiger partial charge in [-0.25, -0.2) is 4.79 Å². The minimum atomic E-state index is -1.59. The summed E-state index contributed by atoms with van der Waals surface area (Å²) in [5.41, 5.74) is 1.86. The molecule has 2 heterocycles. The smallest absolute Gasteiger partial charge is 0.394 e. The number of hydrogen-bond acceptors (Lipinski definition) is 6. The highest BCUT2D eigenvalue weighted by molar-refractivity contribution is 6.36. The number of para-hydroxylation sites is 4. The van der Waals surface area contributed by atoms with E-state index in [1.54, 1.807) is 31.4 Å². The first-order valence-electron chi connectivity index (χ1n) is 13.9. The number of aliphatic carboxylic acids is 1. The number of anilines is 1. The highest BCUT2D eigenvalue weighted by atomic mass is 16.5. The van der Waals surface area contributed by atoms with Gasteiger partial charge in [0, 0.05) is 25.2 Å². The third-order valence-corrected chi connectivity index (χ3v) is 8.28. The number of nitrogens with one attached hydrogen (secondary N) is 1. The molecule has 2 N–H and O–H groups in total. The highest BCUT2D eigenvalue weighted by Crippen LogP contribution is 2.42. The number of methoxy groups -OCH3 is 1. The van der Waals surface area contributed by atoms with Crippen LogP contribution in [0.2, 0.25) is 0 Å². The summed E-state index contributed by atoms with van der Waals surface area (Å²) in [6.07, 6.45) is 3.97. The highest BCUT2D eigenvalue weighted by Gasteiger charge is 2.39. The Morgan fingerprint density at radius 2 is 1.39 bits per heavy atom. The number of rotatable bonds is 7. The van der Waals surface area contributed by atoms with Crippen LogP contribution in [0.25, 0.3) is 0 Å². The van der Waals surface area contributed by atoms with Crippen LogP contribution in [0.1, 0.15) is 41.6 Å². The Morgan fingerprint density at radius 3 is 2.07 bits per heavy atom. The molecular formula is C32H35N3O6. The maximum absolute atomic E-state index is 13.3. The Bertz CT molecular complexity index is 1410. The summed E-state index contributed by atoms with van der Waals surface area (Å²) < 4.78 is 11.7. The van der Waals surface area contributed by atoms with Gasteiger partial charge in [-0.05, 0) is 74.5 Å². The van der Waals surface area contributed by atoms with Gasteiger partial charge in [0.2, 0.25) is 0 Å². The van der Waals surface area contributed by atoms with Gasteiger partial charge in [-0.15, -0.1) is 0 Å². The van der Waals surface area contributed by atoms with Crippen LogP contribution in [0.5, 0.6) is 17.2 Å². The predicted octanol–water partition coefficient (Wildman–Crippen LogP) is 5.03. The van der Waals surface area contributed by atoms with Gasteiger partial charge in [-0.1, -0.05) is 42.5 Å². The molecule has 0 aliphatic carbocycles. The third-order valence-electron chi connectivity index (χ3n) is 8.28. The molecule has 2 saturated heterocycles. The van der Waals surface area contributed by atoms with Crippen molar-refractivity contribution in [3.63, 3.8) is 0 Å². The molecule has 2 aliphatic rings. The Morgan fingerprint density at radius 1 is 0.805 bits per heavy atom. The fourth-order valence-electron chi connectivity index (χ4n) is 5.79. The van der Waals surface area contributed by atoms with Crippen molar-refractivity contribution in [2.24, 2.45) is 5.41 Å². The first-order chi connectivity index (χ1) is 19.9. The second-order valence-electron chi connectivity index (χ2n) is 10.7. The number of likely N-dealkylation sites (tertiary alicyclic amines) is 2. The molecule has 2 aliphatic heterocycles. The number of piperidine rings is 2. The van der Waals surface area contributed by atoms with Crippen LogP contribution in [-0.2, 0) is 16.1 Å². The first-order valence-corrected chi connectivity index (χ1v) is 13.9. The van der Waals surface area contributed by atoms with Crippen molar-refractivity contribution in [1.82, 2.24) is 9.80 Å². The van der Waals surface area contributed by atoms with Crippen molar-refractivity contribution in [1.29, 1.82) is 0 Å². The predicted molar refractivity (Wildman–Crippen MR) is 154 cm³/mol. The van der Waals surface area contributed by atoms with Crippen LogP contribution in [0, 0.1) is 5.41 Å². The number of benzene rings is 3. The molecule has 3 aromatic rings. The second kappa shape index (κ2) is 12.4. The Balaban J connectivity index is 1.17. The molecule has 214 valence electrons. The first kappa shape index (κ1) is 28.2. The summed E-state index contributed by atoms with van der Waals surface area (Å²) >= 11 is 0. The third kappa shape index (κ3) is 6.52. The van der Waals surface area contributed by atoms with Crippen LogP contribution in [0.4, 0.5) is 5.69 Å². The van der Waals surface area contributed by atoms with Crippen LogP contribution in [0.15, 0.2) is 72.8 Å². The Hall–Kier alpha value is -4.37. The maximum atomic E-state index is 13.3. The van der Waals surface area contributed by atoms with Gasteiger partial charge in [-0.2, -0.15) is 0 Å². The monoisotopic (exact) mass is 557 g/mol. The van der Waals surface area contributed by atoms with E-state index in [0.717, 1.165) is 56.6 Å². The van der Waals surface area contributed by atoms with Crippen LogP contribution >= 0.6 is 0 Å². The van der Waals surface area contributed by atoms with Gasteiger partial charge >= 0.3 is 11.9 Å². The molecule has 0 saturated carbocycles. The molecule has 5 rings (SSSR count). The van der Waals surface area contributed by atoms with Crippen LogP contribution in [0.3, 0.4) is 0 Å². The fraction of sp³-hybridized carbons (Fsp3) is 0.344. The Kier molecular flexibility index (Phi) is 8.54. The number of ether oxygens (including phenoxy) is 2. The van der Waals surface area contributed by atoms with Crippen LogP contribution < -0.4 is 14.8 Å². The van der Waals surface area contributed by atoms with Gasteiger partial charge in [0.15, 0.2) is 11.5 Å². The van der Waals surface area contributed by atoms with Crippen molar-refractivity contribution < 1.29 is 29.0 Å². The molecule has 0 atom stereocenters. The van der Waals surface area contributed by atoms with E-state index in [9.17, 15) is 14.4 Å². The minimum absolute atomic E-state index is 0.190. The molecule has 41 heavy (non-hydrogen) atoms. The number of hydrogen-bond donors (Lipinski definition) is 2. The molecule has 2 amide bonds. The zero-order chi connectivity index (χ0) is 28.8. The molecule has 9 heteroatoms. The van der Waals surface area contributed by atoms with Crippen molar-refractivity contribution in [2.75, 3.05) is 38.6 Å². The topological polar surface area (TPSA) is 108 Å². The summed E-state index contributed by atoms with van der Waals surface area (Å²) in [6.45, 7) is 4.01. The summed E-state index contributed by atoms with van der Waals surface area (Å²) in [5.74, 6) is -0.738. The molecule has 0 unspecified atom stereocenters. The number of nitrogens with zero attached hydrogens (tertiary/aromatic N) is 2. The van der Waals surface area contributed by atoms with E-state index in [1.807, 2.05) is 47.4 Å². The lowest BCUT2D eigenvalue weighted by atomic mass is 9.71. The van der Waals surface area contributed by atoms with E-state index >= 15 is 0 Å². The Labute approximate surface area is 239 Å². The van der Waals surface area contributed by atoms with Crippen molar-refractivity contribution in [3.8, 4) is 17.2 Å². The summed E-state index contributed by atoms with van der Waals surface area (Å²) in [4.78, 5) is 40.2. The molecule has 3 aromatic carbocycles. The second-order valence-corrected chi connectivity index (χ2v) is 10.7. The molecule has 0 bridgehead atoms. The lowest BCUT2D eigenvalue weighted by Gasteiger charge is -2.47. The number of carboxylic acid groups (broad SMARTS) is 1. The minimum Gasteiger partial charge on any atom is -0.493 e. The van der Waals surface area contributed by atoms with Gasteiger partial charge in [-0.3, -0.25) is 14.5 Å². The van der Waals surface area contributed by atoms with Gasteiger partial charge in [0.05, 0.1) is 18.4 Å². The molecule has 1 spiro atoms. The zero-order valence-electron chi connectivity index (χ0n) is 23.2. The summed E-state index contributed by atoms with van der Waals surface area (Å²) in [7, 11) is 1.64. The average Bonchev–Trinajstić information content (AvgIpc) is 3.00. The largest absolute Gasteiger partial charge is 0.493 e. The molecular weight excluding hydrogens is 522 g/mol. The van der Waals surface area contributed by atoms with E-state index in [1.165, 1.54) is 0 Å². The lowest BCUT2D eigenvalue weighted by molar-refractivity contribution is -0.147. The molecule has 9 nitrogen and oxygen atoms in total. The normalized spacial score (nSPS) is 16.7. The van der Waals surface area contributed by atoms with Crippen LogP contribution in [-0.4, -0.2) is 66.0 Å². The molecule has 0 radical (unpaired) electrons. The average molecular weight is 558 g/mol. The summed E-state index contributed by atoms with van der Waals surface area (Å²) in [5, 5.41) is 11.3. The van der Waals surface area contributed by atoms with E-state index in [-0.39, 0.29) is 17.0 Å². The van der Waals surface area contributed by atoms with Crippen molar-refractivity contribution in [2.45, 2.75) is 32.2 Å². The van der Waals surface area contributed by atoms with Crippen molar-refractivity contribution >= 4 is 23.5 Å². The van der Waals surface area contributed by atoms with Gasteiger partial charge in [0.1, 0.15) is 5.75 Å². The SMILES string of the molecule is COc1ccccc1Oc1ccccc1CN1CCC2(CC1)CCN(C(=O)c1ccccc1NC(=O)C(=O)O)CC2. The molecule has 0 aromatic heterocycles. The molecule has 2 fully saturated rings. The van der Waals surface area contributed by atoms with E-state index in [0.29, 0.717) is 30.2 Å². The zero-order valence-corrected chi connectivity index (χ0v) is 23.2. The number of carbonyl (C=O) groups is 3. The fourth-order valence-corrected chi connectivity index (χ4v) is 5.79. The maximum Gasteiger partial charge on any atom is 0.394 e. The number of carbonyl (C=O) groups excluding carboxylic acids is 2. The van der Waals surface area contributed by atoms with Crippen molar-refractivity contribution in [3.05, 3.63) is 83.9 Å². The van der Waals surface area contributed by atoms with E-state index in [4.69, 9.17) is 14.6 Å².